The summed E-state index contributed by atoms with van der Waals surface area (Å²) in [5, 5.41) is 40.0. The SMILES string of the molecule is CC(C)(C)OC(=O)N1CCCC2OC2C1.CSc1c(C(F)(F)F)ccc2[nH]c3ccc(C)cc3c12.CSc1c(C(F)(F)F)ccc2c1c1cc(C)ccc1n2[C@@H]1CCCN(C(=O)OC(C)(C)C)C[C@H]1O.Cc1ccc2c(c1)c1c(S(C)(=O)=O)c(C(F)(F)F)ccc1n2[C@@H]1CCCN(C(=O)OC(C)(C)C)C[C@H]1O.Cc1ccc2c(c1)c1c(S(C)(=O)=O)c(C(F)(F)F)ccc1n2[C@@H]1CCCNC[C@H]1O. The largest absolute Gasteiger partial charge is 0.444 e. The van der Waals surface area contributed by atoms with Crippen LogP contribution < -0.4 is 5.32 Å². The molecule has 744 valence electrons. The van der Waals surface area contributed by atoms with Crippen LogP contribution in [0.25, 0.3) is 87.2 Å². The summed E-state index contributed by atoms with van der Waals surface area (Å²) in [7, 11) is -8.48. The van der Waals surface area contributed by atoms with E-state index in [4.69, 9.17) is 18.9 Å². The van der Waals surface area contributed by atoms with Crippen molar-refractivity contribution in [1.82, 2.24) is 38.7 Å². The van der Waals surface area contributed by atoms with Gasteiger partial charge in [0.05, 0.1) is 111 Å². The van der Waals surface area contributed by atoms with E-state index in [2.05, 4.69) is 10.3 Å². The number of hydrogen-bond acceptors (Lipinski definition) is 17. The van der Waals surface area contributed by atoms with Gasteiger partial charge in [-0.25, -0.2) is 31.2 Å². The fourth-order valence-corrected chi connectivity index (χ4v) is 22.9. The highest BCUT2D eigenvalue weighted by atomic mass is 32.2. The molecule has 0 spiro atoms. The van der Waals surface area contributed by atoms with Gasteiger partial charge in [-0.3, -0.25) is 0 Å². The number of ether oxygens (including phenoxy) is 4. The van der Waals surface area contributed by atoms with Gasteiger partial charge in [-0.2, -0.15) is 52.7 Å². The standard InChI is InChI=1S/C26H31F3N2O5S.C26H31F3N2O3S.C21H23F3N2O3S.C15H12F3NS.C11H19NO3/c1-15-8-10-18-16(13-15)22-20(11-9-17(26(27,28)29)23(22)37(5,34)35)31(18)19-7-6-12-30(14-21(19)32)24(33)36-25(2,3)4;1-15-8-10-18-16(13-15)22-20(11-9-17(23(22)35-5)26(27,28)29)31(18)19-7-6-12-30(14-21(19)32)24(33)34-25(2,3)4;1-12-5-7-15-13(10-12)19-17(26(15)16-4-3-9-25-11-18(16)27)8-6-14(21(22,23)24)20(19)30(2,28)29;1-8-3-5-11-9(7-8)13-12(19-11)6-4-10(14(13)20-2)15(16,17)18;1-11(2,3)15-10(13)12-6-4-5-8-9(7-12)14-8/h8-11,13,19,21,32H,6-7,12,14H2,1-5H3;8-11,13,19,21,32H,6-7,12,14H2,1-5H3;5-8,10,16,18,25,27H,3-4,9,11H2,1-2H3;3-7,19H,1-2H3;8-9H,4-7H2,1-3H3/t2*19-,21-;16-,18-;;/m111../s1. The number of hydrogen-bond donors (Lipinski definition) is 5. The number of halogens is 12. The highest BCUT2D eigenvalue weighted by molar-refractivity contribution is 7.99. The number of nitrogens with zero attached hydrogens (tertiary/aromatic N) is 6. The van der Waals surface area contributed by atoms with E-state index in [1.54, 1.807) is 108 Å². The molecule has 2 unspecified atom stereocenters. The lowest BCUT2D eigenvalue weighted by atomic mass is 10.1. The van der Waals surface area contributed by atoms with Crippen LogP contribution in [0.2, 0.25) is 0 Å². The van der Waals surface area contributed by atoms with Crippen molar-refractivity contribution in [3.63, 3.8) is 0 Å². The van der Waals surface area contributed by atoms with Crippen molar-refractivity contribution in [3.05, 3.63) is 166 Å². The molecule has 12 aromatic rings. The number of epoxide rings is 1. The first-order chi connectivity index (χ1) is 63.7. The van der Waals surface area contributed by atoms with Crippen LogP contribution in [-0.4, -0.2) is 209 Å². The number of nitrogens with one attached hydrogen (secondary N) is 2. The Balaban J connectivity index is 0.000000149. The van der Waals surface area contributed by atoms with Crippen LogP contribution in [0.3, 0.4) is 0 Å². The van der Waals surface area contributed by atoms with Gasteiger partial charge in [-0.1, -0.05) is 46.5 Å². The first-order valence-corrected chi connectivity index (χ1v) is 51.3. The van der Waals surface area contributed by atoms with E-state index in [1.165, 1.54) is 34.1 Å². The summed E-state index contributed by atoms with van der Waals surface area (Å²) < 4.78 is 242. The Labute approximate surface area is 795 Å². The van der Waals surface area contributed by atoms with Crippen LogP contribution in [-0.2, 0) is 63.3 Å². The third-order valence-corrected chi connectivity index (χ3v) is 28.6. The van der Waals surface area contributed by atoms with Crippen molar-refractivity contribution in [2.75, 3.05) is 77.4 Å². The number of carbonyl (C=O) groups is 3. The number of fused-ring (bicyclic) bond motifs is 13. The molecule has 5 saturated heterocycles. The molecule has 8 aromatic carbocycles. The van der Waals surface area contributed by atoms with E-state index in [9.17, 15) is 99.2 Å². The molecule has 22 nitrogen and oxygen atoms in total. The molecule has 9 heterocycles. The van der Waals surface area contributed by atoms with E-state index < -0.39 is 136 Å². The van der Waals surface area contributed by atoms with Gasteiger partial charge in [-0.15, -0.1) is 23.5 Å². The van der Waals surface area contributed by atoms with Crippen LogP contribution in [0.1, 0.15) is 176 Å². The Kier molecular flexibility index (Phi) is 30.4. The Hall–Kier alpha value is -9.67. The van der Waals surface area contributed by atoms with Crippen molar-refractivity contribution >= 4 is 149 Å². The van der Waals surface area contributed by atoms with Crippen molar-refractivity contribution in [1.29, 1.82) is 0 Å². The second kappa shape index (κ2) is 39.8. The molecule has 0 bridgehead atoms. The maximum absolute atomic E-state index is 13.9. The summed E-state index contributed by atoms with van der Waals surface area (Å²) >= 11 is 2.22. The molecule has 0 radical (unpaired) electrons. The minimum Gasteiger partial charge on any atom is -0.444 e. The molecule has 8 atom stereocenters. The Morgan fingerprint density at radius 3 is 1.10 bits per heavy atom. The van der Waals surface area contributed by atoms with Gasteiger partial charge < -0.3 is 73.0 Å². The van der Waals surface area contributed by atoms with Crippen molar-refractivity contribution in [2.45, 2.75) is 251 Å². The number of aromatic amines is 1. The fraction of sp³-hybridized carbons (Fsp3) is 0.485. The Morgan fingerprint density at radius 2 is 0.715 bits per heavy atom. The minimum absolute atomic E-state index is 0.0172. The molecule has 5 aliphatic heterocycles. The van der Waals surface area contributed by atoms with Crippen LogP contribution in [0, 0.1) is 27.7 Å². The molecule has 5 fully saturated rings. The molecule has 17 rings (SSSR count). The third kappa shape index (κ3) is 23.3. The monoisotopic (exact) mass is 2000 g/mol. The van der Waals surface area contributed by atoms with Crippen molar-refractivity contribution in [3.8, 4) is 0 Å². The summed E-state index contributed by atoms with van der Waals surface area (Å²) in [5.74, 6) is 0. The third-order valence-electron chi connectivity index (χ3n) is 24.6. The molecule has 4 aromatic heterocycles. The molecule has 0 aliphatic carbocycles. The molecule has 137 heavy (non-hydrogen) atoms. The summed E-state index contributed by atoms with van der Waals surface area (Å²) in [6, 6.07) is 30.2. The number of aromatic nitrogens is 4. The van der Waals surface area contributed by atoms with Crippen LogP contribution >= 0.6 is 23.5 Å². The smallest absolute Gasteiger partial charge is 0.417 e. The quantitative estimate of drug-likeness (QED) is 0.0429. The first kappa shape index (κ1) is 105. The molecular weight excluding hydrogens is 1880 g/mol. The van der Waals surface area contributed by atoms with Gasteiger partial charge in [-0.05, 0) is 257 Å². The Morgan fingerprint density at radius 1 is 0.394 bits per heavy atom. The normalized spacial score (nSPS) is 20.2. The average Bonchev–Trinajstić information content (AvgIpc) is 1.57. The number of likely N-dealkylation sites (tertiary alicyclic amines) is 3. The number of aliphatic hydroxyl groups excluding tert-OH is 3. The molecule has 3 amide bonds. The van der Waals surface area contributed by atoms with Gasteiger partial charge in [0.2, 0.25) is 0 Å². The van der Waals surface area contributed by atoms with Gasteiger partial charge in [0.25, 0.3) is 0 Å². The number of carbonyl (C=O) groups excluding carboxylic acids is 3. The lowest BCUT2D eigenvalue weighted by Crippen LogP contribution is -2.41. The van der Waals surface area contributed by atoms with Crippen LogP contribution in [0.4, 0.5) is 67.1 Å². The molecular formula is C99H116F12N8O14S4. The van der Waals surface area contributed by atoms with E-state index in [1.807, 2.05) is 86.2 Å². The highest BCUT2D eigenvalue weighted by Crippen LogP contribution is 2.51. The summed E-state index contributed by atoms with van der Waals surface area (Å²) in [6.07, 6.45) is -11.3. The summed E-state index contributed by atoms with van der Waals surface area (Å²) in [4.78, 5) is 44.0. The topological polar surface area (TPSA) is 273 Å². The van der Waals surface area contributed by atoms with Crippen LogP contribution in [0.15, 0.2) is 141 Å². The fourth-order valence-electron chi connectivity index (χ4n) is 18.9. The average molecular weight is 2000 g/mol. The number of aryl methyl sites for hydroxylation is 4. The summed E-state index contributed by atoms with van der Waals surface area (Å²) in [6.45, 7) is 27.1. The highest BCUT2D eigenvalue weighted by Gasteiger charge is 2.46. The summed E-state index contributed by atoms with van der Waals surface area (Å²) in [5.41, 5.74) is 2.97. The number of aliphatic hydroxyl groups is 3. The number of alkyl halides is 12. The van der Waals surface area contributed by atoms with Crippen molar-refractivity contribution < 1.29 is 118 Å². The maximum atomic E-state index is 13.9. The number of sulfone groups is 2. The van der Waals surface area contributed by atoms with Gasteiger partial charge in [0.1, 0.15) is 22.9 Å². The predicted octanol–water partition coefficient (Wildman–Crippen LogP) is 23.2. The number of rotatable bonds is 7. The lowest BCUT2D eigenvalue weighted by molar-refractivity contribution is -0.140. The number of benzene rings is 8. The number of H-pyrrole nitrogens is 1. The predicted molar refractivity (Wildman–Crippen MR) is 510 cm³/mol. The molecule has 38 heteroatoms. The van der Waals surface area contributed by atoms with Crippen LogP contribution in [0.5, 0.6) is 0 Å². The molecule has 5 N–H and O–H groups in total. The second-order valence-electron chi connectivity index (χ2n) is 38.8. The zero-order valence-corrected chi connectivity index (χ0v) is 82.4. The van der Waals surface area contributed by atoms with E-state index in [0.29, 0.717) is 108 Å². The minimum atomic E-state index is -4.87. The van der Waals surface area contributed by atoms with E-state index in [0.717, 1.165) is 142 Å². The van der Waals surface area contributed by atoms with E-state index in [-0.39, 0.29) is 57.4 Å². The lowest BCUT2D eigenvalue weighted by Gasteiger charge is -2.29. The number of β-amino-alcohol motifs (C(OH)–C–C–N with tert-alkyl or cyclic N) is 3. The van der Waals surface area contributed by atoms with Gasteiger partial charge in [0, 0.05) is 119 Å². The Bertz CT molecular complexity index is 6810. The first-order valence-electron chi connectivity index (χ1n) is 45.1. The van der Waals surface area contributed by atoms with E-state index >= 15 is 0 Å². The zero-order valence-electron chi connectivity index (χ0n) is 79.2. The van der Waals surface area contributed by atoms with Crippen molar-refractivity contribution in [2.24, 2.45) is 0 Å². The zero-order chi connectivity index (χ0) is 101. The van der Waals surface area contributed by atoms with Gasteiger partial charge in [0.15, 0.2) is 19.7 Å². The number of thioether (sulfide) groups is 2. The van der Waals surface area contributed by atoms with Gasteiger partial charge >= 0.3 is 43.0 Å². The molecule has 5 aliphatic rings. The molecule has 0 saturated carbocycles. The maximum Gasteiger partial charge on any atom is 0.417 e. The number of amides is 3. The second-order valence-corrected chi connectivity index (χ2v) is 44.4.